The summed E-state index contributed by atoms with van der Waals surface area (Å²) in [7, 11) is 2.17. The molecule has 3 heteroatoms. The molecule has 0 aliphatic carbocycles. The quantitative estimate of drug-likeness (QED) is 0.916. The first-order valence-corrected chi connectivity index (χ1v) is 7.31. The number of nitrogens with one attached hydrogen (secondary N) is 1. The minimum absolute atomic E-state index is 0.542. The second-order valence-corrected chi connectivity index (χ2v) is 6.02. The third kappa shape index (κ3) is 2.27. The van der Waals surface area contributed by atoms with Crippen molar-refractivity contribution in [3.8, 4) is 0 Å². The minimum Gasteiger partial charge on any atom is -0.331 e. The fourth-order valence-electron chi connectivity index (χ4n) is 3.14. The molecule has 1 atom stereocenters. The van der Waals surface area contributed by atoms with Gasteiger partial charge in [0.2, 0.25) is 0 Å². The molecule has 0 amide bonds. The third-order valence-corrected chi connectivity index (χ3v) is 4.27. The normalized spacial score (nSPS) is 19.7. The van der Waals surface area contributed by atoms with Gasteiger partial charge in [0.1, 0.15) is 5.82 Å². The lowest BCUT2D eigenvalue weighted by Crippen LogP contribution is -2.13. The Morgan fingerprint density at radius 2 is 2.26 bits per heavy atom. The lowest BCUT2D eigenvalue weighted by molar-refractivity contribution is 0.551. The zero-order valence-corrected chi connectivity index (χ0v) is 12.1. The van der Waals surface area contributed by atoms with Crippen LogP contribution in [-0.2, 0) is 13.5 Å². The van der Waals surface area contributed by atoms with E-state index in [9.17, 15) is 0 Å². The average Bonchev–Trinajstić information content (AvgIpc) is 2.99. The summed E-state index contributed by atoms with van der Waals surface area (Å²) in [5, 5.41) is 3.44. The number of aromatic nitrogens is 2. The molecule has 2 heterocycles. The van der Waals surface area contributed by atoms with E-state index in [4.69, 9.17) is 4.98 Å². The van der Waals surface area contributed by atoms with Gasteiger partial charge in [-0.2, -0.15) is 0 Å². The predicted molar refractivity (Wildman–Crippen MR) is 79.5 cm³/mol. The number of benzene rings is 1. The van der Waals surface area contributed by atoms with E-state index in [0.29, 0.717) is 5.92 Å². The van der Waals surface area contributed by atoms with Crippen molar-refractivity contribution in [2.45, 2.75) is 32.6 Å². The van der Waals surface area contributed by atoms with Gasteiger partial charge in [-0.3, -0.25) is 0 Å². The smallest absolute Gasteiger partial charge is 0.109 e. The molecule has 3 rings (SSSR count). The number of aryl methyl sites for hydroxylation is 1. The molecule has 1 aliphatic rings. The zero-order valence-electron chi connectivity index (χ0n) is 12.1. The predicted octanol–water partition coefficient (Wildman–Crippen LogP) is 2.85. The molecule has 102 valence electrons. The van der Waals surface area contributed by atoms with Crippen LogP contribution in [0.4, 0.5) is 0 Å². The van der Waals surface area contributed by atoms with Crippen molar-refractivity contribution in [2.75, 3.05) is 13.1 Å². The van der Waals surface area contributed by atoms with Crippen LogP contribution in [0.2, 0.25) is 0 Å². The zero-order chi connectivity index (χ0) is 13.4. The van der Waals surface area contributed by atoms with E-state index in [1.807, 2.05) is 0 Å². The van der Waals surface area contributed by atoms with Crippen molar-refractivity contribution < 1.29 is 0 Å². The Balaban J connectivity index is 2.02. The van der Waals surface area contributed by atoms with Gasteiger partial charge in [0.15, 0.2) is 0 Å². The van der Waals surface area contributed by atoms with Crippen LogP contribution in [0.15, 0.2) is 18.2 Å². The minimum atomic E-state index is 0.542. The van der Waals surface area contributed by atoms with E-state index in [-0.39, 0.29) is 0 Å². The first-order valence-electron chi connectivity index (χ1n) is 7.31. The number of para-hydroxylation sites is 1. The number of nitrogens with zero attached hydrogens (tertiary/aromatic N) is 2. The Labute approximate surface area is 115 Å². The van der Waals surface area contributed by atoms with E-state index >= 15 is 0 Å². The Bertz CT molecular complexity index is 577. The monoisotopic (exact) mass is 257 g/mol. The highest BCUT2D eigenvalue weighted by molar-refractivity contribution is 5.80. The molecule has 0 bridgehead atoms. The van der Waals surface area contributed by atoms with E-state index in [1.165, 1.54) is 23.3 Å². The first-order chi connectivity index (χ1) is 9.16. The Morgan fingerprint density at radius 1 is 1.42 bits per heavy atom. The summed E-state index contributed by atoms with van der Waals surface area (Å²) < 4.78 is 2.31. The summed E-state index contributed by atoms with van der Waals surface area (Å²) in [5.41, 5.74) is 3.87. The summed E-state index contributed by atoms with van der Waals surface area (Å²) in [4.78, 5) is 4.85. The molecule has 1 aromatic heterocycles. The lowest BCUT2D eigenvalue weighted by Gasteiger charge is -2.11. The Kier molecular flexibility index (Phi) is 3.31. The summed E-state index contributed by atoms with van der Waals surface area (Å²) in [6, 6.07) is 6.50. The van der Waals surface area contributed by atoms with Crippen LogP contribution in [0.1, 0.15) is 37.6 Å². The molecular formula is C16H23N3. The van der Waals surface area contributed by atoms with E-state index < -0.39 is 0 Å². The second-order valence-electron chi connectivity index (χ2n) is 6.02. The largest absolute Gasteiger partial charge is 0.331 e. The van der Waals surface area contributed by atoms with Crippen molar-refractivity contribution in [1.29, 1.82) is 0 Å². The molecule has 1 unspecified atom stereocenters. The van der Waals surface area contributed by atoms with Gasteiger partial charge in [0.05, 0.1) is 11.0 Å². The molecule has 19 heavy (non-hydrogen) atoms. The van der Waals surface area contributed by atoms with E-state index in [0.717, 1.165) is 30.9 Å². The Hall–Kier alpha value is -1.35. The SMILES string of the molecule is CC(C)c1cccc2nc(CC3CCNC3)n(C)c12. The number of hydrogen-bond donors (Lipinski definition) is 1. The molecular weight excluding hydrogens is 234 g/mol. The van der Waals surface area contributed by atoms with Gasteiger partial charge in [0, 0.05) is 13.5 Å². The number of imidazole rings is 1. The lowest BCUT2D eigenvalue weighted by atomic mass is 10.0. The van der Waals surface area contributed by atoms with Gasteiger partial charge in [-0.25, -0.2) is 4.98 Å². The van der Waals surface area contributed by atoms with Crippen molar-refractivity contribution in [1.82, 2.24) is 14.9 Å². The summed E-state index contributed by atoms with van der Waals surface area (Å²) in [6.07, 6.45) is 2.37. The number of hydrogen-bond acceptors (Lipinski definition) is 2. The summed E-state index contributed by atoms with van der Waals surface area (Å²) in [6.45, 7) is 6.80. The molecule has 0 radical (unpaired) electrons. The van der Waals surface area contributed by atoms with Gasteiger partial charge in [0.25, 0.3) is 0 Å². The van der Waals surface area contributed by atoms with Gasteiger partial charge in [-0.15, -0.1) is 0 Å². The maximum atomic E-state index is 4.85. The average molecular weight is 257 g/mol. The molecule has 2 aromatic rings. The van der Waals surface area contributed by atoms with E-state index in [2.05, 4.69) is 49.0 Å². The highest BCUT2D eigenvalue weighted by Crippen LogP contribution is 2.27. The Morgan fingerprint density at radius 3 is 2.95 bits per heavy atom. The molecule has 3 nitrogen and oxygen atoms in total. The van der Waals surface area contributed by atoms with Crippen LogP contribution in [0.3, 0.4) is 0 Å². The first kappa shape index (κ1) is 12.7. The maximum absolute atomic E-state index is 4.85. The number of fused-ring (bicyclic) bond motifs is 1. The molecule has 1 saturated heterocycles. The standard InChI is InChI=1S/C16H23N3/c1-11(2)13-5-4-6-14-16(13)19(3)15(18-14)9-12-7-8-17-10-12/h4-6,11-12,17H,7-10H2,1-3H3. The van der Waals surface area contributed by atoms with Crippen molar-refractivity contribution in [2.24, 2.45) is 13.0 Å². The molecule has 1 N–H and O–H groups in total. The van der Waals surface area contributed by atoms with Crippen LogP contribution < -0.4 is 5.32 Å². The van der Waals surface area contributed by atoms with Gasteiger partial charge < -0.3 is 9.88 Å². The van der Waals surface area contributed by atoms with Crippen molar-refractivity contribution in [3.63, 3.8) is 0 Å². The van der Waals surface area contributed by atoms with Crippen LogP contribution in [0.25, 0.3) is 11.0 Å². The molecule has 1 aromatic carbocycles. The highest BCUT2D eigenvalue weighted by atomic mass is 15.1. The third-order valence-electron chi connectivity index (χ3n) is 4.27. The number of rotatable bonds is 3. The van der Waals surface area contributed by atoms with Gasteiger partial charge in [-0.05, 0) is 43.0 Å². The van der Waals surface area contributed by atoms with Crippen molar-refractivity contribution in [3.05, 3.63) is 29.6 Å². The van der Waals surface area contributed by atoms with E-state index in [1.54, 1.807) is 0 Å². The molecule has 0 saturated carbocycles. The van der Waals surface area contributed by atoms with Crippen LogP contribution in [0.5, 0.6) is 0 Å². The van der Waals surface area contributed by atoms with Gasteiger partial charge >= 0.3 is 0 Å². The molecule has 0 spiro atoms. The highest BCUT2D eigenvalue weighted by Gasteiger charge is 2.19. The van der Waals surface area contributed by atoms with Crippen LogP contribution >= 0.6 is 0 Å². The summed E-state index contributed by atoms with van der Waals surface area (Å²) in [5.74, 6) is 2.52. The van der Waals surface area contributed by atoms with Crippen LogP contribution in [-0.4, -0.2) is 22.6 Å². The fourth-order valence-corrected chi connectivity index (χ4v) is 3.14. The second kappa shape index (κ2) is 4.97. The van der Waals surface area contributed by atoms with Crippen LogP contribution in [0, 0.1) is 5.92 Å². The maximum Gasteiger partial charge on any atom is 0.109 e. The molecule has 1 fully saturated rings. The van der Waals surface area contributed by atoms with Gasteiger partial charge in [-0.1, -0.05) is 26.0 Å². The van der Waals surface area contributed by atoms with Crippen molar-refractivity contribution >= 4 is 11.0 Å². The topological polar surface area (TPSA) is 29.9 Å². The fraction of sp³-hybridized carbons (Fsp3) is 0.562. The summed E-state index contributed by atoms with van der Waals surface area (Å²) >= 11 is 0. The molecule has 1 aliphatic heterocycles.